The number of rotatable bonds is 8. The maximum absolute atomic E-state index is 12.0. The Bertz CT molecular complexity index is 1410. The van der Waals surface area contributed by atoms with Crippen molar-refractivity contribution in [3.63, 3.8) is 0 Å². The molecular weight excluding hydrogens is 492 g/mol. The second-order valence-corrected chi connectivity index (χ2v) is 9.94. The Morgan fingerprint density at radius 3 is 2.57 bits per heavy atom. The van der Waals surface area contributed by atoms with Crippen molar-refractivity contribution in [3.8, 4) is 34.0 Å². The van der Waals surface area contributed by atoms with Crippen LogP contribution in [0.4, 0.5) is 5.82 Å². The molecule has 0 spiro atoms. The fraction of sp³-hybridized carbons (Fsp3) is 0.286. The van der Waals surface area contributed by atoms with Crippen molar-refractivity contribution in [1.82, 2.24) is 15.1 Å². The summed E-state index contributed by atoms with van der Waals surface area (Å²) < 4.78 is 16.3. The maximum Gasteiger partial charge on any atom is 0.325 e. The van der Waals surface area contributed by atoms with Crippen LogP contribution in [0.1, 0.15) is 31.9 Å². The Hall–Kier alpha value is -3.75. The van der Waals surface area contributed by atoms with Crippen LogP contribution in [-0.4, -0.2) is 40.3 Å². The molecule has 2 aromatic carbocycles. The zero-order valence-electron chi connectivity index (χ0n) is 21.5. The smallest absolute Gasteiger partial charge is 0.325 e. The Morgan fingerprint density at radius 2 is 1.86 bits per heavy atom. The first-order valence-electron chi connectivity index (χ1n) is 11.8. The minimum atomic E-state index is -0.568. The van der Waals surface area contributed by atoms with Crippen LogP contribution in [0.15, 0.2) is 59.3 Å². The summed E-state index contributed by atoms with van der Waals surface area (Å²) in [6.07, 6.45) is 1.57. The summed E-state index contributed by atoms with van der Waals surface area (Å²) in [4.78, 5) is 20.8. The molecule has 0 unspecified atom stereocenters. The molecule has 1 N–H and O–H groups in total. The number of methoxy groups -OCH3 is 1. The molecule has 8 nitrogen and oxygen atoms in total. The number of nitrogens with zero attached hydrogens (tertiary/aromatic N) is 3. The van der Waals surface area contributed by atoms with Gasteiger partial charge in [0, 0.05) is 24.4 Å². The third-order valence-electron chi connectivity index (χ3n) is 5.43. The monoisotopic (exact) mass is 520 g/mol. The first-order chi connectivity index (χ1) is 17.6. The van der Waals surface area contributed by atoms with E-state index in [2.05, 4.69) is 39.5 Å². The molecule has 0 aliphatic rings. The molecule has 4 rings (SSSR count). The van der Waals surface area contributed by atoms with Crippen molar-refractivity contribution >= 4 is 23.4 Å². The lowest BCUT2D eigenvalue weighted by Gasteiger charge is -2.19. The number of carbonyl (C=O) groups excluding carboxylic acids is 1. The number of aromatic nitrogens is 3. The summed E-state index contributed by atoms with van der Waals surface area (Å²) in [7, 11) is 1.67. The van der Waals surface area contributed by atoms with Crippen LogP contribution in [0.25, 0.3) is 34.0 Å². The third-order valence-corrected chi connectivity index (χ3v) is 5.72. The van der Waals surface area contributed by atoms with Crippen molar-refractivity contribution in [2.45, 2.75) is 39.9 Å². The molecule has 0 amide bonds. The molecule has 0 atom stereocenters. The molecule has 2 heterocycles. The Morgan fingerprint density at radius 1 is 1.08 bits per heavy atom. The van der Waals surface area contributed by atoms with E-state index < -0.39 is 11.6 Å². The molecule has 0 aliphatic heterocycles. The molecule has 2 aromatic heterocycles. The van der Waals surface area contributed by atoms with Crippen molar-refractivity contribution in [2.24, 2.45) is 0 Å². The lowest BCUT2D eigenvalue weighted by atomic mass is 9.94. The Kier molecular flexibility index (Phi) is 7.90. The zero-order valence-corrected chi connectivity index (χ0v) is 22.2. The van der Waals surface area contributed by atoms with Gasteiger partial charge >= 0.3 is 5.97 Å². The number of carbonyl (C=O) groups is 1. The second kappa shape index (κ2) is 11.1. The van der Waals surface area contributed by atoms with Crippen LogP contribution in [0, 0.1) is 6.92 Å². The summed E-state index contributed by atoms with van der Waals surface area (Å²) in [5.74, 6) is 0.667. The fourth-order valence-electron chi connectivity index (χ4n) is 3.82. The summed E-state index contributed by atoms with van der Waals surface area (Å²) in [5, 5.41) is 7.32. The number of nitrogens with one attached hydrogen (secondary N) is 1. The van der Waals surface area contributed by atoms with Gasteiger partial charge in [-0.25, -0.2) is 4.98 Å². The maximum atomic E-state index is 12.0. The highest BCUT2D eigenvalue weighted by Crippen LogP contribution is 2.32. The normalized spacial score (nSPS) is 11.4. The van der Waals surface area contributed by atoms with Gasteiger partial charge in [0.2, 0.25) is 5.82 Å². The van der Waals surface area contributed by atoms with E-state index >= 15 is 0 Å². The average Bonchev–Trinajstić information content (AvgIpc) is 3.33. The molecule has 0 bridgehead atoms. The highest BCUT2D eigenvalue weighted by Gasteiger charge is 2.18. The number of aryl methyl sites for hydroxylation is 1. The van der Waals surface area contributed by atoms with E-state index in [9.17, 15) is 4.79 Å². The quantitative estimate of drug-likeness (QED) is 0.269. The molecule has 0 saturated heterocycles. The number of ether oxygens (including phenoxy) is 2. The average molecular weight is 521 g/mol. The highest BCUT2D eigenvalue weighted by molar-refractivity contribution is 6.33. The first-order valence-corrected chi connectivity index (χ1v) is 12.2. The first kappa shape index (κ1) is 26.3. The minimum absolute atomic E-state index is 0.0575. The zero-order chi connectivity index (χ0) is 26.6. The van der Waals surface area contributed by atoms with Crippen LogP contribution in [-0.2, 0) is 20.9 Å². The molecular formula is C28H29ClN4O4. The molecule has 37 heavy (non-hydrogen) atoms. The number of benzene rings is 2. The number of pyridine rings is 1. The largest absolute Gasteiger partial charge is 0.459 e. The van der Waals surface area contributed by atoms with Gasteiger partial charge in [0.25, 0.3) is 5.89 Å². The minimum Gasteiger partial charge on any atom is -0.459 e. The second-order valence-electron chi connectivity index (χ2n) is 9.54. The Labute approximate surface area is 221 Å². The predicted octanol–water partition coefficient (Wildman–Crippen LogP) is 6.33. The van der Waals surface area contributed by atoms with E-state index in [1.165, 1.54) is 5.56 Å². The van der Waals surface area contributed by atoms with Gasteiger partial charge in [-0.15, -0.1) is 0 Å². The Balaban J connectivity index is 1.54. The van der Waals surface area contributed by atoms with Gasteiger partial charge in [-0.3, -0.25) is 4.79 Å². The van der Waals surface area contributed by atoms with E-state index in [0.717, 1.165) is 22.3 Å². The van der Waals surface area contributed by atoms with E-state index in [4.69, 9.17) is 25.6 Å². The van der Waals surface area contributed by atoms with Gasteiger partial charge in [0.15, 0.2) is 0 Å². The predicted molar refractivity (Wildman–Crippen MR) is 143 cm³/mol. The number of halogens is 1. The molecule has 0 aliphatic carbocycles. The van der Waals surface area contributed by atoms with Crippen LogP contribution < -0.4 is 5.32 Å². The highest BCUT2D eigenvalue weighted by atomic mass is 35.5. The molecule has 0 fully saturated rings. The summed E-state index contributed by atoms with van der Waals surface area (Å²) >= 11 is 6.39. The van der Waals surface area contributed by atoms with Crippen molar-refractivity contribution < 1.29 is 18.8 Å². The van der Waals surface area contributed by atoms with E-state index in [-0.39, 0.29) is 6.54 Å². The van der Waals surface area contributed by atoms with Crippen molar-refractivity contribution in [3.05, 3.63) is 70.9 Å². The van der Waals surface area contributed by atoms with Crippen LogP contribution in [0.3, 0.4) is 0 Å². The number of hydrogen-bond acceptors (Lipinski definition) is 8. The van der Waals surface area contributed by atoms with Crippen molar-refractivity contribution in [1.29, 1.82) is 0 Å². The molecule has 4 aromatic rings. The van der Waals surface area contributed by atoms with Gasteiger partial charge in [-0.05, 0) is 68.1 Å². The van der Waals surface area contributed by atoms with Crippen molar-refractivity contribution in [2.75, 3.05) is 19.0 Å². The number of esters is 1. The fourth-order valence-corrected chi connectivity index (χ4v) is 4.05. The lowest BCUT2D eigenvalue weighted by molar-refractivity contribution is -0.152. The molecule has 192 valence electrons. The van der Waals surface area contributed by atoms with E-state index in [1.54, 1.807) is 40.1 Å². The summed E-state index contributed by atoms with van der Waals surface area (Å²) in [6.45, 7) is 7.89. The molecule has 0 saturated carbocycles. The summed E-state index contributed by atoms with van der Waals surface area (Å²) in [6, 6.07) is 15.9. The standard InChI is InChI=1S/C28H29ClN4O4/c1-17-8-6-7-9-21(17)22-11-10-18(12-20(22)16-35-5)27-32-25(33-37-27)19-13-23(29)26(30-14-19)31-15-24(34)36-28(2,3)4/h6-14H,15-16H2,1-5H3,(H,30,31). The number of hydrogen-bond donors (Lipinski definition) is 1. The topological polar surface area (TPSA) is 99.4 Å². The van der Waals surface area contributed by atoms with Gasteiger partial charge < -0.3 is 19.3 Å². The number of anilines is 1. The van der Waals surface area contributed by atoms with Crippen LogP contribution in [0.2, 0.25) is 5.02 Å². The third kappa shape index (κ3) is 6.53. The van der Waals surface area contributed by atoms with Gasteiger partial charge in [-0.1, -0.05) is 47.1 Å². The van der Waals surface area contributed by atoms with Gasteiger partial charge in [-0.2, -0.15) is 4.98 Å². The van der Waals surface area contributed by atoms with Crippen LogP contribution >= 0.6 is 11.6 Å². The lowest BCUT2D eigenvalue weighted by Crippen LogP contribution is -2.28. The van der Waals surface area contributed by atoms with E-state index in [1.807, 2.05) is 30.3 Å². The van der Waals surface area contributed by atoms with Gasteiger partial charge in [0.05, 0.1) is 11.6 Å². The SMILES string of the molecule is COCc1cc(-c2nc(-c3cnc(NCC(=O)OC(C)(C)C)c(Cl)c3)no2)ccc1-c1ccccc1C. The summed E-state index contributed by atoms with van der Waals surface area (Å²) in [5.41, 5.74) is 5.22. The molecule has 0 radical (unpaired) electrons. The molecule has 9 heteroatoms. The van der Waals surface area contributed by atoms with Crippen LogP contribution in [0.5, 0.6) is 0 Å². The van der Waals surface area contributed by atoms with Gasteiger partial charge in [0.1, 0.15) is 18.0 Å². The van der Waals surface area contributed by atoms with E-state index in [0.29, 0.717) is 34.7 Å².